The Morgan fingerprint density at radius 1 is 1.13 bits per heavy atom. The van der Waals surface area contributed by atoms with Crippen LogP contribution in [0.4, 0.5) is 0 Å². The largest absolute Gasteiger partial charge is 0.272 e. The molecule has 2 aromatic rings. The minimum atomic E-state index is -0.367. The number of benzene rings is 2. The Morgan fingerprint density at radius 2 is 1.83 bits per heavy atom. The molecule has 0 aliphatic rings. The van der Waals surface area contributed by atoms with Crippen molar-refractivity contribution in [2.75, 3.05) is 0 Å². The summed E-state index contributed by atoms with van der Waals surface area (Å²) >= 11 is 11.8. The van der Waals surface area contributed by atoms with E-state index < -0.39 is 0 Å². The van der Waals surface area contributed by atoms with Gasteiger partial charge in [0.25, 0.3) is 5.91 Å². The van der Waals surface area contributed by atoms with E-state index in [0.29, 0.717) is 15.6 Å². The highest BCUT2D eigenvalue weighted by Gasteiger charge is 2.10. The fraction of sp³-hybridized carbons (Fsp3) is 0.222. The highest BCUT2D eigenvalue weighted by atomic mass is 35.5. The summed E-state index contributed by atoms with van der Waals surface area (Å²) in [6.07, 6.45) is 2.17. The number of carbonyl (C=O) groups is 1. The predicted octanol–water partition coefficient (Wildman–Crippen LogP) is 5.10. The van der Waals surface area contributed by atoms with Crippen LogP contribution in [0.1, 0.15) is 41.8 Å². The average molecular weight is 349 g/mol. The van der Waals surface area contributed by atoms with Crippen molar-refractivity contribution in [2.24, 2.45) is 5.10 Å². The zero-order valence-electron chi connectivity index (χ0n) is 13.1. The van der Waals surface area contributed by atoms with Gasteiger partial charge >= 0.3 is 0 Å². The molecule has 0 bridgehead atoms. The molecular formula is C18H18Cl2N2O. The monoisotopic (exact) mass is 348 g/mol. The van der Waals surface area contributed by atoms with Gasteiger partial charge in [-0.3, -0.25) is 4.79 Å². The fourth-order valence-electron chi connectivity index (χ4n) is 2.13. The summed E-state index contributed by atoms with van der Waals surface area (Å²) in [5.74, 6) is -0.367. The van der Waals surface area contributed by atoms with Crippen LogP contribution in [0.25, 0.3) is 0 Å². The van der Waals surface area contributed by atoms with E-state index in [-0.39, 0.29) is 5.91 Å². The quantitative estimate of drug-likeness (QED) is 0.592. The van der Waals surface area contributed by atoms with E-state index in [9.17, 15) is 4.79 Å². The molecule has 0 aromatic heterocycles. The van der Waals surface area contributed by atoms with Gasteiger partial charge in [0.15, 0.2) is 0 Å². The Kier molecular flexibility index (Phi) is 6.20. The van der Waals surface area contributed by atoms with E-state index in [1.165, 1.54) is 11.6 Å². The van der Waals surface area contributed by atoms with Gasteiger partial charge in [0, 0.05) is 5.02 Å². The van der Waals surface area contributed by atoms with Crippen molar-refractivity contribution in [3.63, 3.8) is 0 Å². The number of hydrogen-bond acceptors (Lipinski definition) is 2. The maximum absolute atomic E-state index is 12.1. The van der Waals surface area contributed by atoms with E-state index in [0.717, 1.165) is 24.1 Å². The van der Waals surface area contributed by atoms with E-state index in [1.54, 1.807) is 12.1 Å². The molecule has 1 amide bonds. The maximum atomic E-state index is 12.1. The highest BCUT2D eigenvalue weighted by Crippen LogP contribution is 2.20. The summed E-state index contributed by atoms with van der Waals surface area (Å²) in [6.45, 7) is 4.00. The van der Waals surface area contributed by atoms with Crippen LogP contribution in [-0.2, 0) is 6.42 Å². The zero-order valence-corrected chi connectivity index (χ0v) is 14.6. The molecule has 2 aromatic carbocycles. The molecule has 0 fully saturated rings. The van der Waals surface area contributed by atoms with Crippen LogP contribution in [-0.4, -0.2) is 11.6 Å². The first kappa shape index (κ1) is 17.5. The molecule has 23 heavy (non-hydrogen) atoms. The highest BCUT2D eigenvalue weighted by molar-refractivity contribution is 6.36. The molecular weight excluding hydrogens is 331 g/mol. The Bertz CT molecular complexity index is 724. The van der Waals surface area contributed by atoms with Crippen LogP contribution >= 0.6 is 23.2 Å². The number of halogens is 2. The number of carbonyl (C=O) groups excluding carboxylic acids is 1. The third-order valence-electron chi connectivity index (χ3n) is 3.41. The second-order valence-electron chi connectivity index (χ2n) is 5.21. The third kappa shape index (κ3) is 4.81. The summed E-state index contributed by atoms with van der Waals surface area (Å²) in [5, 5.41) is 4.92. The van der Waals surface area contributed by atoms with Crippen molar-refractivity contribution >= 4 is 34.8 Å². The van der Waals surface area contributed by atoms with Gasteiger partial charge in [-0.25, -0.2) is 5.43 Å². The molecule has 0 saturated carbocycles. The first-order valence-electron chi connectivity index (χ1n) is 7.40. The predicted molar refractivity (Wildman–Crippen MR) is 96.6 cm³/mol. The molecule has 0 aliphatic heterocycles. The number of rotatable bonds is 5. The SMILES string of the molecule is CCCc1ccc(C(C)=NNC(=O)c2ccc(Cl)cc2Cl)cc1. The van der Waals surface area contributed by atoms with Crippen LogP contribution in [0.2, 0.25) is 10.0 Å². The van der Waals surface area contributed by atoms with E-state index >= 15 is 0 Å². The molecule has 1 N–H and O–H groups in total. The maximum Gasteiger partial charge on any atom is 0.272 e. The topological polar surface area (TPSA) is 41.5 Å². The molecule has 5 heteroatoms. The minimum absolute atomic E-state index is 0.298. The zero-order chi connectivity index (χ0) is 16.8. The lowest BCUT2D eigenvalue weighted by molar-refractivity contribution is 0.0955. The molecule has 0 radical (unpaired) electrons. The lowest BCUT2D eigenvalue weighted by atomic mass is 10.1. The van der Waals surface area contributed by atoms with Gasteiger partial charge in [-0.2, -0.15) is 5.10 Å². The number of amides is 1. The Morgan fingerprint density at radius 3 is 2.43 bits per heavy atom. The van der Waals surface area contributed by atoms with Crippen molar-refractivity contribution < 1.29 is 4.79 Å². The first-order chi connectivity index (χ1) is 11.0. The Hall–Kier alpha value is -1.84. The van der Waals surface area contributed by atoms with E-state index in [4.69, 9.17) is 23.2 Å². The molecule has 0 atom stereocenters. The molecule has 120 valence electrons. The summed E-state index contributed by atoms with van der Waals surface area (Å²) < 4.78 is 0. The van der Waals surface area contributed by atoms with Gasteiger partial charge in [-0.1, -0.05) is 60.8 Å². The van der Waals surface area contributed by atoms with Gasteiger partial charge in [0.05, 0.1) is 16.3 Å². The Labute approximate surface area is 146 Å². The third-order valence-corrected chi connectivity index (χ3v) is 3.96. The number of nitrogens with zero attached hydrogens (tertiary/aromatic N) is 1. The van der Waals surface area contributed by atoms with E-state index in [2.05, 4.69) is 29.6 Å². The second-order valence-corrected chi connectivity index (χ2v) is 6.05. The van der Waals surface area contributed by atoms with Gasteiger partial charge in [0.1, 0.15) is 0 Å². The van der Waals surface area contributed by atoms with Crippen molar-refractivity contribution in [3.8, 4) is 0 Å². The van der Waals surface area contributed by atoms with Crippen LogP contribution < -0.4 is 5.43 Å². The number of nitrogens with one attached hydrogen (secondary N) is 1. The van der Waals surface area contributed by atoms with Gasteiger partial charge in [-0.15, -0.1) is 0 Å². The number of hydrogen-bond donors (Lipinski definition) is 1. The molecule has 2 rings (SSSR count). The van der Waals surface area contributed by atoms with Gasteiger partial charge in [-0.05, 0) is 42.7 Å². The molecule has 3 nitrogen and oxygen atoms in total. The molecule has 0 unspecified atom stereocenters. The minimum Gasteiger partial charge on any atom is -0.267 e. The standard InChI is InChI=1S/C18H18Cl2N2O/c1-3-4-13-5-7-14(8-6-13)12(2)21-22-18(23)16-10-9-15(19)11-17(16)20/h5-11H,3-4H2,1-2H3,(H,22,23). The van der Waals surface area contributed by atoms with Gasteiger partial charge in [0.2, 0.25) is 0 Å². The van der Waals surface area contributed by atoms with Gasteiger partial charge < -0.3 is 0 Å². The average Bonchev–Trinajstić information content (AvgIpc) is 2.53. The second kappa shape index (κ2) is 8.14. The fourth-order valence-corrected chi connectivity index (χ4v) is 2.63. The van der Waals surface area contributed by atoms with E-state index in [1.807, 2.05) is 19.1 Å². The lowest BCUT2D eigenvalue weighted by Crippen LogP contribution is -2.19. The van der Waals surface area contributed by atoms with Crippen molar-refractivity contribution in [3.05, 3.63) is 69.2 Å². The molecule has 0 spiro atoms. The van der Waals surface area contributed by atoms with Crippen LogP contribution in [0, 0.1) is 0 Å². The molecule has 0 heterocycles. The van der Waals surface area contributed by atoms with Crippen LogP contribution in [0.15, 0.2) is 47.6 Å². The number of aryl methyl sites for hydroxylation is 1. The van der Waals surface area contributed by atoms with Crippen molar-refractivity contribution in [1.82, 2.24) is 5.43 Å². The smallest absolute Gasteiger partial charge is 0.267 e. The first-order valence-corrected chi connectivity index (χ1v) is 8.16. The normalized spacial score (nSPS) is 11.4. The number of hydrazone groups is 1. The molecule has 0 aliphatic carbocycles. The summed E-state index contributed by atoms with van der Waals surface area (Å²) in [5.41, 5.74) is 5.84. The Balaban J connectivity index is 2.07. The van der Waals surface area contributed by atoms with Crippen LogP contribution in [0.5, 0.6) is 0 Å². The van der Waals surface area contributed by atoms with Crippen molar-refractivity contribution in [2.45, 2.75) is 26.7 Å². The molecule has 0 saturated heterocycles. The summed E-state index contributed by atoms with van der Waals surface area (Å²) in [7, 11) is 0. The van der Waals surface area contributed by atoms with Crippen LogP contribution in [0.3, 0.4) is 0 Å². The lowest BCUT2D eigenvalue weighted by Gasteiger charge is -2.06. The summed E-state index contributed by atoms with van der Waals surface area (Å²) in [4.78, 5) is 12.1. The summed E-state index contributed by atoms with van der Waals surface area (Å²) in [6, 6.07) is 12.9. The van der Waals surface area contributed by atoms with Crippen molar-refractivity contribution in [1.29, 1.82) is 0 Å².